The molecule has 0 fully saturated rings. The van der Waals surface area contributed by atoms with E-state index in [1.807, 2.05) is 32.4 Å². The molecule has 0 spiro atoms. The normalized spacial score (nSPS) is 12.1. The average Bonchev–Trinajstić information content (AvgIpc) is 2.82. The van der Waals surface area contributed by atoms with E-state index in [2.05, 4.69) is 15.5 Å². The summed E-state index contributed by atoms with van der Waals surface area (Å²) in [7, 11) is 3.41. The van der Waals surface area contributed by atoms with Gasteiger partial charge in [-0.3, -0.25) is 4.79 Å². The lowest BCUT2D eigenvalue weighted by Gasteiger charge is -2.15. The Morgan fingerprint density at radius 2 is 2.09 bits per heavy atom. The molecular formula is C15H19ClN4O2S. The monoisotopic (exact) mass is 354 g/mol. The molecule has 1 amide bonds. The molecule has 1 N–H and O–H groups in total. The Balaban J connectivity index is 2.12. The topological polar surface area (TPSA) is 69.0 Å². The number of aromatic nitrogens is 3. The van der Waals surface area contributed by atoms with Gasteiger partial charge in [-0.2, -0.15) is 0 Å². The zero-order chi connectivity index (χ0) is 17.1. The van der Waals surface area contributed by atoms with Crippen molar-refractivity contribution in [3.05, 3.63) is 28.5 Å². The fourth-order valence-electron chi connectivity index (χ4n) is 1.87. The summed E-state index contributed by atoms with van der Waals surface area (Å²) in [5, 5.41) is 11.9. The van der Waals surface area contributed by atoms with Crippen LogP contribution in [0.1, 0.15) is 18.3 Å². The van der Waals surface area contributed by atoms with Crippen LogP contribution in [0.3, 0.4) is 0 Å². The number of hydrogen-bond donors (Lipinski definition) is 1. The highest BCUT2D eigenvalue weighted by molar-refractivity contribution is 8.00. The summed E-state index contributed by atoms with van der Waals surface area (Å²) >= 11 is 7.43. The first-order valence-electron chi connectivity index (χ1n) is 7.01. The first kappa shape index (κ1) is 17.6. The van der Waals surface area contributed by atoms with E-state index in [1.165, 1.54) is 18.9 Å². The van der Waals surface area contributed by atoms with E-state index in [0.29, 0.717) is 21.6 Å². The molecule has 0 aliphatic heterocycles. The Hall–Kier alpha value is -1.73. The van der Waals surface area contributed by atoms with Gasteiger partial charge in [-0.1, -0.05) is 23.4 Å². The summed E-state index contributed by atoms with van der Waals surface area (Å²) in [6.45, 7) is 5.56. The lowest BCUT2D eigenvalue weighted by Crippen LogP contribution is -2.23. The second-order valence-electron chi connectivity index (χ2n) is 5.14. The number of nitrogens with one attached hydrogen (secondary N) is 1. The number of rotatable bonds is 5. The number of anilines is 1. The van der Waals surface area contributed by atoms with Crippen molar-refractivity contribution >= 4 is 35.0 Å². The van der Waals surface area contributed by atoms with Gasteiger partial charge in [0.25, 0.3) is 0 Å². The molecule has 2 aromatic rings. The molecule has 0 saturated heterocycles. The summed E-state index contributed by atoms with van der Waals surface area (Å²) < 4.78 is 7.12. The fraction of sp³-hybridized carbons (Fsp3) is 0.400. The van der Waals surface area contributed by atoms with Crippen molar-refractivity contribution in [2.75, 3.05) is 12.4 Å². The number of carbonyl (C=O) groups excluding carboxylic acids is 1. The molecule has 0 aliphatic carbocycles. The summed E-state index contributed by atoms with van der Waals surface area (Å²) in [4.78, 5) is 12.4. The molecule has 0 radical (unpaired) electrons. The van der Waals surface area contributed by atoms with Crippen LogP contribution in [0.2, 0.25) is 5.02 Å². The largest absolute Gasteiger partial charge is 0.495 e. The van der Waals surface area contributed by atoms with Crippen molar-refractivity contribution in [3.63, 3.8) is 0 Å². The maximum atomic E-state index is 12.4. The molecule has 0 bridgehead atoms. The van der Waals surface area contributed by atoms with E-state index < -0.39 is 0 Å². The summed E-state index contributed by atoms with van der Waals surface area (Å²) in [5.41, 5.74) is 1.47. The quantitative estimate of drug-likeness (QED) is 0.835. The van der Waals surface area contributed by atoms with Gasteiger partial charge in [0.2, 0.25) is 5.91 Å². The summed E-state index contributed by atoms with van der Waals surface area (Å²) in [6.07, 6.45) is 0. The summed E-state index contributed by atoms with van der Waals surface area (Å²) in [5.74, 6) is 1.19. The van der Waals surface area contributed by atoms with E-state index in [0.717, 1.165) is 11.4 Å². The van der Waals surface area contributed by atoms with Gasteiger partial charge in [-0.05, 0) is 32.4 Å². The van der Waals surface area contributed by atoms with Gasteiger partial charge < -0.3 is 14.6 Å². The number of benzene rings is 1. The van der Waals surface area contributed by atoms with Crippen LogP contribution < -0.4 is 10.1 Å². The van der Waals surface area contributed by atoms with Gasteiger partial charge in [0.1, 0.15) is 11.6 Å². The molecule has 1 heterocycles. The highest BCUT2D eigenvalue weighted by Crippen LogP contribution is 2.32. The smallest absolute Gasteiger partial charge is 0.237 e. The molecule has 1 aromatic carbocycles. The van der Waals surface area contributed by atoms with Crippen molar-refractivity contribution in [2.45, 2.75) is 31.2 Å². The lowest BCUT2D eigenvalue weighted by atomic mass is 10.2. The first-order valence-corrected chi connectivity index (χ1v) is 8.27. The van der Waals surface area contributed by atoms with Crippen molar-refractivity contribution < 1.29 is 9.53 Å². The van der Waals surface area contributed by atoms with Crippen LogP contribution in [0.15, 0.2) is 17.3 Å². The second kappa shape index (κ2) is 7.23. The lowest BCUT2D eigenvalue weighted by molar-refractivity contribution is -0.115. The highest BCUT2D eigenvalue weighted by atomic mass is 35.5. The van der Waals surface area contributed by atoms with E-state index in [9.17, 15) is 4.79 Å². The van der Waals surface area contributed by atoms with Gasteiger partial charge in [0.05, 0.1) is 18.0 Å². The third-order valence-electron chi connectivity index (χ3n) is 3.44. The molecule has 0 aliphatic rings. The Bertz CT molecular complexity index is 733. The van der Waals surface area contributed by atoms with Crippen LogP contribution in [0, 0.1) is 13.8 Å². The van der Waals surface area contributed by atoms with Crippen LogP contribution in [0.5, 0.6) is 5.75 Å². The average molecular weight is 355 g/mol. The molecule has 1 aromatic heterocycles. The van der Waals surface area contributed by atoms with Gasteiger partial charge in [-0.25, -0.2) is 0 Å². The van der Waals surface area contributed by atoms with E-state index in [-0.39, 0.29) is 11.2 Å². The number of methoxy groups -OCH3 is 1. The number of nitrogens with zero attached hydrogens (tertiary/aromatic N) is 3. The van der Waals surface area contributed by atoms with Crippen LogP contribution >= 0.6 is 23.4 Å². The fourth-order valence-corrected chi connectivity index (χ4v) is 2.88. The molecule has 8 heteroatoms. The summed E-state index contributed by atoms with van der Waals surface area (Å²) in [6, 6.07) is 3.49. The maximum absolute atomic E-state index is 12.4. The number of amides is 1. The molecule has 0 saturated carbocycles. The molecule has 23 heavy (non-hydrogen) atoms. The van der Waals surface area contributed by atoms with Crippen molar-refractivity contribution in [1.82, 2.24) is 14.8 Å². The Morgan fingerprint density at radius 1 is 1.39 bits per heavy atom. The van der Waals surface area contributed by atoms with Gasteiger partial charge in [0, 0.05) is 18.1 Å². The minimum absolute atomic E-state index is 0.143. The van der Waals surface area contributed by atoms with Crippen LogP contribution in [0.25, 0.3) is 0 Å². The predicted molar refractivity (Wildman–Crippen MR) is 92.4 cm³/mol. The second-order valence-corrected chi connectivity index (χ2v) is 6.85. The highest BCUT2D eigenvalue weighted by Gasteiger charge is 2.19. The van der Waals surface area contributed by atoms with Gasteiger partial charge >= 0.3 is 0 Å². The van der Waals surface area contributed by atoms with E-state index in [4.69, 9.17) is 16.3 Å². The van der Waals surface area contributed by atoms with Crippen molar-refractivity contribution in [3.8, 4) is 5.75 Å². The number of carbonyl (C=O) groups is 1. The van der Waals surface area contributed by atoms with Gasteiger partial charge in [0.15, 0.2) is 5.16 Å². The first-order chi connectivity index (χ1) is 10.8. The third-order valence-corrected chi connectivity index (χ3v) is 4.98. The minimum atomic E-state index is -0.335. The zero-order valence-electron chi connectivity index (χ0n) is 13.7. The van der Waals surface area contributed by atoms with Gasteiger partial charge in [-0.15, -0.1) is 10.2 Å². The van der Waals surface area contributed by atoms with Crippen LogP contribution in [-0.2, 0) is 11.8 Å². The van der Waals surface area contributed by atoms with E-state index in [1.54, 1.807) is 12.1 Å². The van der Waals surface area contributed by atoms with Crippen molar-refractivity contribution in [1.29, 1.82) is 0 Å². The minimum Gasteiger partial charge on any atom is -0.495 e. The van der Waals surface area contributed by atoms with E-state index >= 15 is 0 Å². The zero-order valence-corrected chi connectivity index (χ0v) is 15.2. The van der Waals surface area contributed by atoms with Crippen LogP contribution in [-0.4, -0.2) is 33.0 Å². The Kier molecular flexibility index (Phi) is 5.54. The predicted octanol–water partition coefficient (Wildman–Crippen LogP) is 3.21. The molecular weight excluding hydrogens is 336 g/mol. The third kappa shape index (κ3) is 3.97. The maximum Gasteiger partial charge on any atom is 0.237 e. The molecule has 6 nitrogen and oxygen atoms in total. The Labute approximate surface area is 144 Å². The standard InChI is InChI=1S/C15H19ClN4O2S/c1-8-6-12(13(22-5)7-11(8)16)17-14(21)9(2)23-15-19-18-10(3)20(15)4/h6-7,9H,1-5H3,(H,17,21)/t9-/m1/s1. The number of aryl methyl sites for hydroxylation is 2. The number of ether oxygens (including phenoxy) is 1. The molecule has 124 valence electrons. The van der Waals surface area contributed by atoms with Crippen LogP contribution in [0.4, 0.5) is 5.69 Å². The number of hydrogen-bond acceptors (Lipinski definition) is 5. The van der Waals surface area contributed by atoms with Crippen molar-refractivity contribution in [2.24, 2.45) is 7.05 Å². The number of halogens is 1. The molecule has 1 atom stereocenters. The SMILES string of the molecule is COc1cc(Cl)c(C)cc1NC(=O)[C@@H](C)Sc1nnc(C)n1C. The number of thioether (sulfide) groups is 1. The Morgan fingerprint density at radius 3 is 2.65 bits per heavy atom. The molecule has 2 rings (SSSR count). The molecule has 0 unspecified atom stereocenters.